The quantitative estimate of drug-likeness (QED) is 0.660. The van der Waals surface area contributed by atoms with Crippen molar-refractivity contribution in [2.45, 2.75) is 32.7 Å². The fourth-order valence-corrected chi connectivity index (χ4v) is 2.63. The second-order valence-electron chi connectivity index (χ2n) is 6.46. The molecule has 0 bridgehead atoms. The van der Waals surface area contributed by atoms with Crippen LogP contribution in [0.3, 0.4) is 0 Å². The van der Waals surface area contributed by atoms with Crippen molar-refractivity contribution < 1.29 is 15.0 Å². The third kappa shape index (κ3) is 2.86. The zero-order valence-corrected chi connectivity index (χ0v) is 14.2. The van der Waals surface area contributed by atoms with Crippen molar-refractivity contribution in [2.24, 2.45) is 0 Å². The van der Waals surface area contributed by atoms with Crippen LogP contribution in [0.5, 0.6) is 6.01 Å². The molecule has 25 heavy (non-hydrogen) atoms. The topological polar surface area (TPSA) is 127 Å². The summed E-state index contributed by atoms with van der Waals surface area (Å²) in [6.45, 7) is 5.29. The summed E-state index contributed by atoms with van der Waals surface area (Å²) in [4.78, 5) is 23.8. The van der Waals surface area contributed by atoms with Gasteiger partial charge in [-0.15, -0.1) is 0 Å². The number of nitrogens with two attached hydrogens (primary N) is 1. The molecule has 0 aliphatic rings. The van der Waals surface area contributed by atoms with Gasteiger partial charge < -0.3 is 15.9 Å². The van der Waals surface area contributed by atoms with E-state index in [0.29, 0.717) is 22.6 Å². The Labute approximate surface area is 144 Å². The highest BCUT2D eigenvalue weighted by atomic mass is 16.4. The number of benzene rings is 1. The molecule has 0 amide bonds. The van der Waals surface area contributed by atoms with Crippen molar-refractivity contribution in [2.75, 3.05) is 5.73 Å². The summed E-state index contributed by atoms with van der Waals surface area (Å²) in [6.07, 6.45) is 0. The Balaban J connectivity index is 2.06. The maximum atomic E-state index is 11.5. The molecule has 3 aromatic rings. The first-order chi connectivity index (χ1) is 11.7. The van der Waals surface area contributed by atoms with E-state index in [9.17, 15) is 15.0 Å². The lowest BCUT2D eigenvalue weighted by Gasteiger charge is -2.20. The number of aryl methyl sites for hydroxylation is 1. The van der Waals surface area contributed by atoms with E-state index in [4.69, 9.17) is 5.73 Å². The molecule has 1 aromatic carbocycles. The van der Waals surface area contributed by atoms with Gasteiger partial charge in [0.15, 0.2) is 17.0 Å². The van der Waals surface area contributed by atoms with Gasteiger partial charge in [-0.25, -0.2) is 9.97 Å². The number of aromatic nitrogens is 4. The Bertz CT molecular complexity index is 978. The van der Waals surface area contributed by atoms with E-state index in [0.717, 1.165) is 5.56 Å². The first kappa shape index (κ1) is 16.7. The minimum atomic E-state index is -1.02. The average Bonchev–Trinajstić information content (AvgIpc) is 2.84. The SMILES string of the molecule is Cc1nc(N)c2nc(O)n(Cc3cccc(C(C)(C)C(=O)O)c3)c2n1. The fraction of sp³-hybridized carbons (Fsp3) is 0.294. The van der Waals surface area contributed by atoms with Crippen LogP contribution < -0.4 is 5.73 Å². The third-order valence-corrected chi connectivity index (χ3v) is 4.24. The summed E-state index contributed by atoms with van der Waals surface area (Å²) >= 11 is 0. The number of hydrogen-bond donors (Lipinski definition) is 3. The van der Waals surface area contributed by atoms with Crippen molar-refractivity contribution in [3.05, 3.63) is 41.2 Å². The molecule has 3 rings (SSSR count). The van der Waals surface area contributed by atoms with E-state index in [1.165, 1.54) is 4.57 Å². The minimum absolute atomic E-state index is 0.206. The number of carboxylic acids is 1. The van der Waals surface area contributed by atoms with Crippen LogP contribution in [0.1, 0.15) is 30.8 Å². The molecule has 8 heteroatoms. The van der Waals surface area contributed by atoms with Gasteiger partial charge in [0.05, 0.1) is 12.0 Å². The van der Waals surface area contributed by atoms with Gasteiger partial charge in [-0.05, 0) is 31.9 Å². The van der Waals surface area contributed by atoms with Gasteiger partial charge in [-0.1, -0.05) is 24.3 Å². The predicted octanol–water partition coefficient (Wildman–Crippen LogP) is 1.83. The third-order valence-electron chi connectivity index (χ3n) is 4.24. The van der Waals surface area contributed by atoms with Gasteiger partial charge in [0, 0.05) is 0 Å². The normalized spacial score (nSPS) is 11.8. The molecule has 0 aliphatic carbocycles. The van der Waals surface area contributed by atoms with Crippen molar-refractivity contribution in [1.82, 2.24) is 19.5 Å². The number of nitrogen functional groups attached to an aromatic ring is 1. The van der Waals surface area contributed by atoms with Crippen LogP contribution in [0.2, 0.25) is 0 Å². The van der Waals surface area contributed by atoms with Crippen molar-refractivity contribution in [1.29, 1.82) is 0 Å². The molecule has 0 spiro atoms. The Kier molecular flexibility index (Phi) is 3.82. The number of imidazole rings is 1. The summed E-state index contributed by atoms with van der Waals surface area (Å²) < 4.78 is 1.52. The lowest BCUT2D eigenvalue weighted by molar-refractivity contribution is -0.142. The first-order valence-electron chi connectivity index (χ1n) is 7.72. The van der Waals surface area contributed by atoms with Crippen LogP contribution >= 0.6 is 0 Å². The number of rotatable bonds is 4. The average molecular weight is 341 g/mol. The van der Waals surface area contributed by atoms with Crippen LogP contribution in [-0.4, -0.2) is 35.7 Å². The highest BCUT2D eigenvalue weighted by Crippen LogP contribution is 2.27. The number of hydrogen-bond acceptors (Lipinski definition) is 6. The standard InChI is InChI=1S/C17H19N5O3/c1-9-19-13(18)12-14(20-9)22(16(25)21-12)8-10-5-4-6-11(7-10)17(2,3)15(23)24/h4-7H,8H2,1-3H3,(H,21,25)(H,23,24)(H2,18,19,20). The van der Waals surface area contributed by atoms with Crippen molar-refractivity contribution in [3.8, 4) is 6.01 Å². The molecule has 0 saturated heterocycles. The molecule has 2 aromatic heterocycles. The summed E-state index contributed by atoms with van der Waals surface area (Å²) in [5, 5.41) is 19.6. The highest BCUT2D eigenvalue weighted by molar-refractivity contribution is 5.83. The number of aromatic hydroxyl groups is 1. The van der Waals surface area contributed by atoms with Gasteiger partial charge in [0.25, 0.3) is 6.01 Å². The molecule has 130 valence electrons. The van der Waals surface area contributed by atoms with Gasteiger partial charge >= 0.3 is 5.97 Å². The zero-order valence-electron chi connectivity index (χ0n) is 14.2. The summed E-state index contributed by atoms with van der Waals surface area (Å²) in [5.74, 6) is -0.221. The molecule has 0 radical (unpaired) electrons. The van der Waals surface area contributed by atoms with E-state index >= 15 is 0 Å². The monoisotopic (exact) mass is 341 g/mol. The summed E-state index contributed by atoms with van der Waals surface area (Å²) in [6, 6.07) is 7.00. The van der Waals surface area contributed by atoms with Crippen LogP contribution in [0.4, 0.5) is 5.82 Å². The van der Waals surface area contributed by atoms with E-state index in [2.05, 4.69) is 15.0 Å². The fourth-order valence-electron chi connectivity index (χ4n) is 2.63. The second-order valence-corrected chi connectivity index (χ2v) is 6.46. The maximum Gasteiger partial charge on any atom is 0.313 e. The second kappa shape index (κ2) is 5.73. The smallest absolute Gasteiger partial charge is 0.313 e. The van der Waals surface area contributed by atoms with Gasteiger partial charge in [0.1, 0.15) is 5.82 Å². The zero-order chi connectivity index (χ0) is 18.4. The van der Waals surface area contributed by atoms with E-state index < -0.39 is 11.4 Å². The number of carboxylic acid groups (broad SMARTS) is 1. The number of aliphatic carboxylic acids is 1. The summed E-state index contributed by atoms with van der Waals surface area (Å²) in [7, 11) is 0. The minimum Gasteiger partial charge on any atom is -0.481 e. The molecular weight excluding hydrogens is 322 g/mol. The van der Waals surface area contributed by atoms with Crippen molar-refractivity contribution in [3.63, 3.8) is 0 Å². The Morgan fingerprint density at radius 2 is 2.00 bits per heavy atom. The Morgan fingerprint density at radius 3 is 2.68 bits per heavy atom. The van der Waals surface area contributed by atoms with E-state index in [1.807, 2.05) is 6.07 Å². The van der Waals surface area contributed by atoms with E-state index in [-0.39, 0.29) is 18.4 Å². The first-order valence-corrected chi connectivity index (χ1v) is 7.72. The molecule has 0 aliphatic heterocycles. The number of carbonyl (C=O) groups is 1. The molecule has 4 N–H and O–H groups in total. The van der Waals surface area contributed by atoms with Crippen LogP contribution in [0.25, 0.3) is 11.2 Å². The Hall–Kier alpha value is -3.16. The molecular formula is C17H19N5O3. The van der Waals surface area contributed by atoms with Crippen molar-refractivity contribution >= 4 is 23.0 Å². The number of nitrogens with zero attached hydrogens (tertiary/aromatic N) is 4. The molecule has 8 nitrogen and oxygen atoms in total. The number of fused-ring (bicyclic) bond motifs is 1. The predicted molar refractivity (Wildman–Crippen MR) is 92.3 cm³/mol. The van der Waals surface area contributed by atoms with Crippen LogP contribution in [0.15, 0.2) is 24.3 Å². The molecule has 0 unspecified atom stereocenters. The van der Waals surface area contributed by atoms with Crippen LogP contribution in [-0.2, 0) is 16.8 Å². The summed E-state index contributed by atoms with van der Waals surface area (Å²) in [5.41, 5.74) is 7.09. The van der Waals surface area contributed by atoms with E-state index in [1.54, 1.807) is 39.0 Å². The molecule has 0 saturated carbocycles. The largest absolute Gasteiger partial charge is 0.481 e. The molecule has 2 heterocycles. The lowest BCUT2D eigenvalue weighted by atomic mass is 9.84. The Morgan fingerprint density at radius 1 is 1.28 bits per heavy atom. The van der Waals surface area contributed by atoms with Gasteiger partial charge in [0.2, 0.25) is 0 Å². The van der Waals surface area contributed by atoms with Gasteiger partial charge in [-0.2, -0.15) is 4.98 Å². The molecule has 0 fully saturated rings. The number of anilines is 1. The highest BCUT2D eigenvalue weighted by Gasteiger charge is 2.29. The van der Waals surface area contributed by atoms with Crippen LogP contribution in [0, 0.1) is 6.92 Å². The van der Waals surface area contributed by atoms with Gasteiger partial charge in [-0.3, -0.25) is 9.36 Å². The lowest BCUT2D eigenvalue weighted by Crippen LogP contribution is -2.28. The maximum absolute atomic E-state index is 11.5. The molecule has 0 atom stereocenters.